The van der Waals surface area contributed by atoms with Crippen LogP contribution < -0.4 is 10.6 Å². The Hall–Kier alpha value is -2.56. The first kappa shape index (κ1) is 16.8. The van der Waals surface area contributed by atoms with Crippen molar-refractivity contribution in [2.24, 2.45) is 0 Å². The van der Waals surface area contributed by atoms with Crippen LogP contribution >= 0.6 is 0 Å². The van der Waals surface area contributed by atoms with E-state index in [-0.39, 0.29) is 36.6 Å². The lowest BCUT2D eigenvalue weighted by molar-refractivity contribution is -0.121. The van der Waals surface area contributed by atoms with Crippen molar-refractivity contribution in [3.05, 3.63) is 59.0 Å². The minimum atomic E-state index is -0.314. The average molecular weight is 314 g/mol. The Morgan fingerprint density at radius 2 is 2.00 bits per heavy atom. The first-order chi connectivity index (χ1) is 11.0. The molecule has 1 heterocycles. The number of carbonyl (C=O) groups is 2. The van der Waals surface area contributed by atoms with Gasteiger partial charge in [0.05, 0.1) is 12.3 Å². The van der Waals surface area contributed by atoms with Crippen LogP contribution in [-0.4, -0.2) is 18.4 Å². The summed E-state index contributed by atoms with van der Waals surface area (Å²) in [6.07, 6.45) is 1.66. The number of furan rings is 1. The summed E-state index contributed by atoms with van der Waals surface area (Å²) in [4.78, 5) is 23.7. The summed E-state index contributed by atoms with van der Waals surface area (Å²) in [6.45, 7) is 6.29. The van der Waals surface area contributed by atoms with Crippen LogP contribution in [0.5, 0.6) is 0 Å². The van der Waals surface area contributed by atoms with Crippen LogP contribution in [0.3, 0.4) is 0 Å². The lowest BCUT2D eigenvalue weighted by Crippen LogP contribution is -2.32. The molecule has 122 valence electrons. The van der Waals surface area contributed by atoms with Gasteiger partial charge in [-0.05, 0) is 44.0 Å². The highest BCUT2D eigenvalue weighted by Crippen LogP contribution is 2.18. The van der Waals surface area contributed by atoms with E-state index >= 15 is 0 Å². The topological polar surface area (TPSA) is 71.3 Å². The van der Waals surface area contributed by atoms with Crippen LogP contribution in [0, 0.1) is 13.8 Å². The summed E-state index contributed by atoms with van der Waals surface area (Å²) in [7, 11) is 0. The Morgan fingerprint density at radius 3 is 2.70 bits per heavy atom. The third kappa shape index (κ3) is 4.71. The molecule has 0 spiro atoms. The number of amides is 2. The van der Waals surface area contributed by atoms with E-state index < -0.39 is 0 Å². The van der Waals surface area contributed by atoms with Crippen molar-refractivity contribution >= 4 is 11.8 Å². The number of rotatable bonds is 6. The Labute approximate surface area is 136 Å². The molecule has 23 heavy (non-hydrogen) atoms. The normalized spacial score (nSPS) is 11.8. The van der Waals surface area contributed by atoms with Gasteiger partial charge in [0.1, 0.15) is 0 Å². The van der Waals surface area contributed by atoms with E-state index in [1.807, 2.05) is 20.8 Å². The molecule has 0 aliphatic heterocycles. The maximum absolute atomic E-state index is 12.0. The van der Waals surface area contributed by atoms with Gasteiger partial charge in [0.25, 0.3) is 5.91 Å². The van der Waals surface area contributed by atoms with Crippen molar-refractivity contribution < 1.29 is 14.0 Å². The smallest absolute Gasteiger partial charge is 0.286 e. The first-order valence-electron chi connectivity index (χ1n) is 7.65. The number of carbonyl (C=O) groups excluding carboxylic acids is 2. The molecule has 0 saturated carbocycles. The molecule has 2 amide bonds. The molecule has 2 aromatic rings. The van der Waals surface area contributed by atoms with Crippen LogP contribution in [0.2, 0.25) is 0 Å². The second kappa shape index (κ2) is 7.63. The molecule has 5 nitrogen and oxygen atoms in total. The van der Waals surface area contributed by atoms with E-state index in [9.17, 15) is 9.59 Å². The molecule has 0 aliphatic carbocycles. The van der Waals surface area contributed by atoms with Crippen molar-refractivity contribution in [1.29, 1.82) is 0 Å². The van der Waals surface area contributed by atoms with Crippen LogP contribution in [0.4, 0.5) is 0 Å². The SMILES string of the molecule is Cc1ccc(C)c([C@@H](C)NC(=O)CCNC(=O)c2ccco2)c1. The Bertz CT molecular complexity index is 678. The molecule has 0 fully saturated rings. The third-order valence-electron chi connectivity index (χ3n) is 3.66. The number of hydrogen-bond acceptors (Lipinski definition) is 3. The summed E-state index contributed by atoms with van der Waals surface area (Å²) in [5, 5.41) is 5.62. The predicted octanol–water partition coefficient (Wildman–Crippen LogP) is 2.89. The fraction of sp³-hybridized carbons (Fsp3) is 0.333. The van der Waals surface area contributed by atoms with Gasteiger partial charge < -0.3 is 15.1 Å². The van der Waals surface area contributed by atoms with Gasteiger partial charge >= 0.3 is 0 Å². The molecular formula is C18H22N2O3. The fourth-order valence-corrected chi connectivity index (χ4v) is 2.40. The molecule has 2 N–H and O–H groups in total. The third-order valence-corrected chi connectivity index (χ3v) is 3.66. The van der Waals surface area contributed by atoms with E-state index in [0.717, 1.165) is 16.7 Å². The summed E-state index contributed by atoms with van der Waals surface area (Å²) in [6, 6.07) is 9.35. The molecule has 0 radical (unpaired) electrons. The Kier molecular flexibility index (Phi) is 5.57. The number of benzene rings is 1. The number of aryl methyl sites for hydroxylation is 2. The molecule has 5 heteroatoms. The van der Waals surface area contributed by atoms with Crippen molar-refractivity contribution in [2.45, 2.75) is 33.2 Å². The summed E-state index contributed by atoms with van der Waals surface area (Å²) >= 11 is 0. The van der Waals surface area contributed by atoms with E-state index in [1.54, 1.807) is 12.1 Å². The van der Waals surface area contributed by atoms with E-state index in [1.165, 1.54) is 6.26 Å². The minimum Gasteiger partial charge on any atom is -0.459 e. The van der Waals surface area contributed by atoms with E-state index in [4.69, 9.17) is 4.42 Å². The summed E-state index contributed by atoms with van der Waals surface area (Å²) < 4.78 is 4.99. The summed E-state index contributed by atoms with van der Waals surface area (Å²) in [5.74, 6) is -0.169. The average Bonchev–Trinajstić information content (AvgIpc) is 3.03. The number of nitrogens with one attached hydrogen (secondary N) is 2. The molecule has 0 unspecified atom stereocenters. The second-order valence-electron chi connectivity index (χ2n) is 5.63. The lowest BCUT2D eigenvalue weighted by Gasteiger charge is -2.17. The molecule has 0 aliphatic rings. The highest BCUT2D eigenvalue weighted by molar-refractivity contribution is 5.91. The number of hydrogen-bond donors (Lipinski definition) is 2. The quantitative estimate of drug-likeness (QED) is 0.861. The van der Waals surface area contributed by atoms with Gasteiger partial charge in [-0.2, -0.15) is 0 Å². The van der Waals surface area contributed by atoms with E-state index in [2.05, 4.69) is 28.8 Å². The molecule has 1 aromatic carbocycles. The van der Waals surface area contributed by atoms with Gasteiger partial charge in [-0.25, -0.2) is 0 Å². The van der Waals surface area contributed by atoms with Crippen LogP contribution in [0.15, 0.2) is 41.0 Å². The molecule has 0 bridgehead atoms. The van der Waals surface area contributed by atoms with Crippen LogP contribution in [0.1, 0.15) is 46.6 Å². The van der Waals surface area contributed by atoms with Crippen LogP contribution in [-0.2, 0) is 4.79 Å². The molecule has 0 saturated heterocycles. The molecule has 2 rings (SSSR count). The Morgan fingerprint density at radius 1 is 1.22 bits per heavy atom. The van der Waals surface area contributed by atoms with Gasteiger partial charge in [-0.15, -0.1) is 0 Å². The highest BCUT2D eigenvalue weighted by atomic mass is 16.3. The summed E-state index contributed by atoms with van der Waals surface area (Å²) in [5.41, 5.74) is 3.42. The zero-order chi connectivity index (χ0) is 16.8. The molecule has 1 aromatic heterocycles. The zero-order valence-electron chi connectivity index (χ0n) is 13.7. The predicted molar refractivity (Wildman–Crippen MR) is 88.1 cm³/mol. The highest BCUT2D eigenvalue weighted by Gasteiger charge is 2.13. The van der Waals surface area contributed by atoms with Crippen molar-refractivity contribution in [2.75, 3.05) is 6.54 Å². The zero-order valence-corrected chi connectivity index (χ0v) is 13.7. The van der Waals surface area contributed by atoms with E-state index in [0.29, 0.717) is 0 Å². The van der Waals surface area contributed by atoms with Crippen molar-refractivity contribution in [3.63, 3.8) is 0 Å². The second-order valence-corrected chi connectivity index (χ2v) is 5.63. The Balaban J connectivity index is 1.80. The van der Waals surface area contributed by atoms with Crippen molar-refractivity contribution in [3.8, 4) is 0 Å². The molecule has 1 atom stereocenters. The minimum absolute atomic E-state index is 0.0665. The van der Waals surface area contributed by atoms with Gasteiger partial charge in [0.2, 0.25) is 5.91 Å². The fourth-order valence-electron chi connectivity index (χ4n) is 2.40. The maximum Gasteiger partial charge on any atom is 0.286 e. The van der Waals surface area contributed by atoms with Crippen LogP contribution in [0.25, 0.3) is 0 Å². The standard InChI is InChI=1S/C18H22N2O3/c1-12-6-7-13(2)15(11-12)14(3)20-17(21)8-9-19-18(22)16-5-4-10-23-16/h4-7,10-11,14H,8-9H2,1-3H3,(H,19,22)(H,20,21)/t14-/m1/s1. The first-order valence-corrected chi connectivity index (χ1v) is 7.65. The largest absolute Gasteiger partial charge is 0.459 e. The maximum atomic E-state index is 12.0. The van der Waals surface area contributed by atoms with Crippen molar-refractivity contribution in [1.82, 2.24) is 10.6 Å². The van der Waals surface area contributed by atoms with Gasteiger partial charge in [0, 0.05) is 13.0 Å². The van der Waals surface area contributed by atoms with Gasteiger partial charge in [0.15, 0.2) is 5.76 Å². The lowest BCUT2D eigenvalue weighted by atomic mass is 10.00. The van der Waals surface area contributed by atoms with Gasteiger partial charge in [-0.1, -0.05) is 23.8 Å². The monoisotopic (exact) mass is 314 g/mol. The molecular weight excluding hydrogens is 292 g/mol. The van der Waals surface area contributed by atoms with Gasteiger partial charge in [-0.3, -0.25) is 9.59 Å².